The zero-order valence-electron chi connectivity index (χ0n) is 8.46. The molecule has 84 valence electrons. The molecule has 0 radical (unpaired) electrons. The summed E-state index contributed by atoms with van der Waals surface area (Å²) in [5.41, 5.74) is 0. The van der Waals surface area contributed by atoms with Crippen molar-refractivity contribution < 1.29 is 23.0 Å². The molecule has 0 amide bonds. The van der Waals surface area contributed by atoms with Crippen LogP contribution in [0.4, 0.5) is 13.6 Å². The van der Waals surface area contributed by atoms with E-state index >= 15 is 0 Å². The molecule has 0 rings (SSSR count). The first-order valence-electron chi connectivity index (χ1n) is 4.51. The van der Waals surface area contributed by atoms with E-state index in [0.29, 0.717) is 0 Å². The Kier molecular flexibility index (Phi) is 7.06. The van der Waals surface area contributed by atoms with E-state index in [4.69, 9.17) is 0 Å². The van der Waals surface area contributed by atoms with E-state index in [2.05, 4.69) is 9.47 Å². The van der Waals surface area contributed by atoms with Crippen LogP contribution >= 0.6 is 0 Å². The Morgan fingerprint density at radius 1 is 1.07 bits per heavy atom. The highest BCUT2D eigenvalue weighted by Gasteiger charge is 2.10. The van der Waals surface area contributed by atoms with Crippen LogP contribution in [0, 0.1) is 11.8 Å². The number of carbonyl (C=O) groups excluding carboxylic acids is 1. The van der Waals surface area contributed by atoms with Crippen molar-refractivity contribution in [2.45, 2.75) is 13.8 Å². The van der Waals surface area contributed by atoms with E-state index in [0.717, 1.165) is 0 Å². The number of rotatable bonds is 6. The molecule has 0 heterocycles. The van der Waals surface area contributed by atoms with Gasteiger partial charge in [-0.25, -0.2) is 4.79 Å². The summed E-state index contributed by atoms with van der Waals surface area (Å²) in [6, 6.07) is 0. The summed E-state index contributed by atoms with van der Waals surface area (Å²) in [5.74, 6) is -0.665. The summed E-state index contributed by atoms with van der Waals surface area (Å²) in [5, 5.41) is 0. The van der Waals surface area contributed by atoms with E-state index in [9.17, 15) is 13.6 Å². The number of carbonyl (C=O) groups is 1. The first kappa shape index (κ1) is 13.1. The summed E-state index contributed by atoms with van der Waals surface area (Å²) in [7, 11) is 0. The molecule has 3 nitrogen and oxygen atoms in total. The fraction of sp³-hybridized carbons (Fsp3) is 0.889. The van der Waals surface area contributed by atoms with Crippen molar-refractivity contribution in [2.75, 3.05) is 26.6 Å². The fourth-order valence-electron chi connectivity index (χ4n) is 0.551. The van der Waals surface area contributed by atoms with Crippen LogP contribution in [0.2, 0.25) is 0 Å². The molecule has 2 atom stereocenters. The molecule has 0 saturated carbocycles. The molecule has 0 saturated heterocycles. The monoisotopic (exact) mass is 210 g/mol. The highest BCUT2D eigenvalue weighted by molar-refractivity contribution is 5.59. The van der Waals surface area contributed by atoms with Crippen molar-refractivity contribution in [1.29, 1.82) is 0 Å². The maximum Gasteiger partial charge on any atom is 0.508 e. The first-order chi connectivity index (χ1) is 6.60. The van der Waals surface area contributed by atoms with E-state index in [1.807, 2.05) is 0 Å². The second-order valence-electron chi connectivity index (χ2n) is 3.39. The molecule has 0 aromatic carbocycles. The van der Waals surface area contributed by atoms with Crippen molar-refractivity contribution in [3.05, 3.63) is 0 Å². The van der Waals surface area contributed by atoms with Gasteiger partial charge >= 0.3 is 6.16 Å². The normalized spacial score (nSPS) is 14.6. The molecule has 2 unspecified atom stereocenters. The Morgan fingerprint density at radius 3 is 1.71 bits per heavy atom. The zero-order valence-corrected chi connectivity index (χ0v) is 8.46. The number of alkyl halides is 2. The lowest BCUT2D eigenvalue weighted by Crippen LogP contribution is -2.17. The molecule has 0 fully saturated rings. The van der Waals surface area contributed by atoms with Gasteiger partial charge in [-0.3, -0.25) is 8.78 Å². The van der Waals surface area contributed by atoms with Crippen LogP contribution in [0.5, 0.6) is 0 Å². The summed E-state index contributed by atoms with van der Waals surface area (Å²) in [6.45, 7) is 2.09. The lowest BCUT2D eigenvalue weighted by atomic mass is 10.2. The van der Waals surface area contributed by atoms with Gasteiger partial charge in [0.05, 0.1) is 26.6 Å². The quantitative estimate of drug-likeness (QED) is 0.631. The average molecular weight is 210 g/mol. The van der Waals surface area contributed by atoms with Crippen LogP contribution < -0.4 is 0 Å². The third kappa shape index (κ3) is 6.62. The van der Waals surface area contributed by atoms with Gasteiger partial charge in [0.1, 0.15) is 0 Å². The average Bonchev–Trinajstić information content (AvgIpc) is 2.22. The Bertz CT molecular complexity index is 148. The highest BCUT2D eigenvalue weighted by Crippen LogP contribution is 2.00. The smallest absolute Gasteiger partial charge is 0.434 e. The highest BCUT2D eigenvalue weighted by atomic mass is 19.1. The molecule has 0 N–H and O–H groups in total. The van der Waals surface area contributed by atoms with Crippen molar-refractivity contribution in [3.8, 4) is 0 Å². The van der Waals surface area contributed by atoms with Gasteiger partial charge < -0.3 is 9.47 Å². The fourth-order valence-corrected chi connectivity index (χ4v) is 0.551. The van der Waals surface area contributed by atoms with Gasteiger partial charge in [-0.15, -0.1) is 0 Å². The molecule has 0 aliphatic rings. The van der Waals surface area contributed by atoms with Gasteiger partial charge in [0, 0.05) is 11.8 Å². The van der Waals surface area contributed by atoms with Gasteiger partial charge in [-0.05, 0) is 0 Å². The Labute approximate surface area is 82.4 Å². The minimum absolute atomic E-state index is 0.0145. The van der Waals surface area contributed by atoms with E-state index < -0.39 is 19.5 Å². The van der Waals surface area contributed by atoms with Gasteiger partial charge in [-0.1, -0.05) is 13.8 Å². The molecule has 0 aromatic heterocycles. The molecular weight excluding hydrogens is 194 g/mol. The van der Waals surface area contributed by atoms with E-state index in [1.54, 1.807) is 13.8 Å². The summed E-state index contributed by atoms with van der Waals surface area (Å²) in [4.78, 5) is 10.8. The number of hydrogen-bond donors (Lipinski definition) is 0. The van der Waals surface area contributed by atoms with Crippen LogP contribution in [-0.4, -0.2) is 32.7 Å². The van der Waals surface area contributed by atoms with Crippen molar-refractivity contribution in [3.63, 3.8) is 0 Å². The maximum atomic E-state index is 11.9. The number of hydrogen-bond acceptors (Lipinski definition) is 3. The first-order valence-corrected chi connectivity index (χ1v) is 4.51. The van der Waals surface area contributed by atoms with Crippen LogP contribution in [-0.2, 0) is 9.47 Å². The minimum Gasteiger partial charge on any atom is -0.434 e. The number of halogens is 2. The van der Waals surface area contributed by atoms with Crippen LogP contribution in [0.3, 0.4) is 0 Å². The topological polar surface area (TPSA) is 35.5 Å². The minimum atomic E-state index is -0.870. The lowest BCUT2D eigenvalue weighted by Gasteiger charge is -2.10. The Balaban J connectivity index is 3.46. The van der Waals surface area contributed by atoms with Gasteiger partial charge in [-0.2, -0.15) is 0 Å². The van der Waals surface area contributed by atoms with Crippen molar-refractivity contribution in [2.24, 2.45) is 11.8 Å². The molecule has 0 spiro atoms. The molecular formula is C9H16F2O3. The molecule has 0 aliphatic carbocycles. The summed E-state index contributed by atoms with van der Waals surface area (Å²) in [6.07, 6.45) is -0.870. The van der Waals surface area contributed by atoms with Crippen molar-refractivity contribution >= 4 is 6.16 Å². The molecule has 0 bridgehead atoms. The molecule has 5 heteroatoms. The summed E-state index contributed by atoms with van der Waals surface area (Å²) >= 11 is 0. The second kappa shape index (κ2) is 7.53. The SMILES string of the molecule is CC(CF)COC(=O)OCC(C)CF. The van der Waals surface area contributed by atoms with Gasteiger partial charge in [0.2, 0.25) is 0 Å². The Hall–Kier alpha value is -0.870. The predicted molar refractivity (Wildman–Crippen MR) is 47.6 cm³/mol. The standard InChI is InChI=1S/C9H16F2O3/c1-7(3-10)5-13-9(12)14-6-8(2)4-11/h7-8H,3-6H2,1-2H3. The molecule has 14 heavy (non-hydrogen) atoms. The maximum absolute atomic E-state index is 11.9. The van der Waals surface area contributed by atoms with E-state index in [-0.39, 0.29) is 25.0 Å². The molecule has 0 aromatic rings. The van der Waals surface area contributed by atoms with Crippen LogP contribution in [0.1, 0.15) is 13.8 Å². The van der Waals surface area contributed by atoms with Crippen molar-refractivity contribution in [1.82, 2.24) is 0 Å². The van der Waals surface area contributed by atoms with Gasteiger partial charge in [0.15, 0.2) is 0 Å². The van der Waals surface area contributed by atoms with Crippen LogP contribution in [0.25, 0.3) is 0 Å². The lowest BCUT2D eigenvalue weighted by molar-refractivity contribution is 0.0333. The number of ether oxygens (including phenoxy) is 2. The zero-order chi connectivity index (χ0) is 11.0. The summed E-state index contributed by atoms with van der Waals surface area (Å²) < 4.78 is 33.0. The van der Waals surface area contributed by atoms with E-state index in [1.165, 1.54) is 0 Å². The third-order valence-electron chi connectivity index (χ3n) is 1.50. The van der Waals surface area contributed by atoms with Crippen LogP contribution in [0.15, 0.2) is 0 Å². The molecule has 0 aliphatic heterocycles. The largest absolute Gasteiger partial charge is 0.508 e. The third-order valence-corrected chi connectivity index (χ3v) is 1.50. The second-order valence-corrected chi connectivity index (χ2v) is 3.39. The Morgan fingerprint density at radius 2 is 1.43 bits per heavy atom. The predicted octanol–water partition coefficient (Wildman–Crippen LogP) is 2.35. The van der Waals surface area contributed by atoms with Gasteiger partial charge in [0.25, 0.3) is 0 Å².